The Kier molecular flexibility index (Phi) is 3.51. The second kappa shape index (κ2) is 4.96. The molecule has 1 aliphatic carbocycles. The molecule has 0 unspecified atom stereocenters. The maximum Gasteiger partial charge on any atom is 0.166 e. The molecule has 1 fully saturated rings. The van der Waals surface area contributed by atoms with Crippen LogP contribution in [0.25, 0.3) is 0 Å². The Morgan fingerprint density at radius 1 is 1.21 bits per heavy atom. The summed E-state index contributed by atoms with van der Waals surface area (Å²) in [5.41, 5.74) is -0.774. The van der Waals surface area contributed by atoms with Gasteiger partial charge in [0.15, 0.2) is 5.78 Å². The Morgan fingerprint density at radius 3 is 2.37 bits per heavy atom. The number of carbonyl (C=O) groups excluding carboxylic acids is 3. The molecular formula is C15H16O4. The SMILES string of the molecule is CC1(CCC(=O)c2ccccc2O)C(=O)CCC1=O. The summed E-state index contributed by atoms with van der Waals surface area (Å²) >= 11 is 0. The van der Waals surface area contributed by atoms with Gasteiger partial charge in [0.05, 0.1) is 11.0 Å². The third kappa shape index (κ3) is 2.43. The number of phenols is 1. The summed E-state index contributed by atoms with van der Waals surface area (Å²) < 4.78 is 0. The molecule has 4 heteroatoms. The molecule has 0 heterocycles. The van der Waals surface area contributed by atoms with Crippen molar-refractivity contribution in [3.63, 3.8) is 0 Å². The van der Waals surface area contributed by atoms with E-state index in [2.05, 4.69) is 0 Å². The Hall–Kier alpha value is -1.97. The van der Waals surface area contributed by atoms with Crippen LogP contribution >= 0.6 is 0 Å². The molecule has 0 bridgehead atoms. The first-order valence-electron chi connectivity index (χ1n) is 6.33. The number of ketones is 3. The van der Waals surface area contributed by atoms with Crippen molar-refractivity contribution in [1.29, 1.82) is 0 Å². The molecular weight excluding hydrogens is 244 g/mol. The molecule has 100 valence electrons. The van der Waals surface area contributed by atoms with Gasteiger partial charge in [-0.2, -0.15) is 0 Å². The number of para-hydroxylation sites is 1. The number of hydrogen-bond donors (Lipinski definition) is 1. The van der Waals surface area contributed by atoms with E-state index in [1.807, 2.05) is 0 Å². The first kappa shape index (κ1) is 13.5. The zero-order valence-corrected chi connectivity index (χ0v) is 10.8. The van der Waals surface area contributed by atoms with E-state index in [1.165, 1.54) is 12.1 Å². The van der Waals surface area contributed by atoms with Crippen molar-refractivity contribution in [2.45, 2.75) is 32.6 Å². The topological polar surface area (TPSA) is 71.4 Å². The molecule has 0 saturated heterocycles. The first-order valence-corrected chi connectivity index (χ1v) is 6.33. The lowest BCUT2D eigenvalue weighted by Gasteiger charge is -2.19. The first-order chi connectivity index (χ1) is 8.95. The van der Waals surface area contributed by atoms with Gasteiger partial charge in [0.25, 0.3) is 0 Å². The molecule has 0 spiro atoms. The fraction of sp³-hybridized carbons (Fsp3) is 0.400. The fourth-order valence-corrected chi connectivity index (χ4v) is 2.42. The lowest BCUT2D eigenvalue weighted by atomic mass is 9.81. The molecule has 1 aromatic rings. The van der Waals surface area contributed by atoms with Crippen LogP contribution in [0.5, 0.6) is 5.75 Å². The van der Waals surface area contributed by atoms with E-state index in [9.17, 15) is 19.5 Å². The van der Waals surface area contributed by atoms with Gasteiger partial charge in [-0.1, -0.05) is 12.1 Å². The van der Waals surface area contributed by atoms with Crippen LogP contribution in [-0.4, -0.2) is 22.5 Å². The maximum absolute atomic E-state index is 12.0. The van der Waals surface area contributed by atoms with Crippen LogP contribution in [-0.2, 0) is 9.59 Å². The molecule has 1 N–H and O–H groups in total. The monoisotopic (exact) mass is 260 g/mol. The van der Waals surface area contributed by atoms with Gasteiger partial charge in [-0.25, -0.2) is 0 Å². The molecule has 2 rings (SSSR count). The maximum atomic E-state index is 12.0. The van der Waals surface area contributed by atoms with Crippen molar-refractivity contribution in [2.75, 3.05) is 0 Å². The van der Waals surface area contributed by atoms with E-state index in [0.29, 0.717) is 0 Å². The molecule has 1 aliphatic rings. The molecule has 0 aliphatic heterocycles. The molecule has 1 aromatic carbocycles. The smallest absolute Gasteiger partial charge is 0.166 e. The van der Waals surface area contributed by atoms with Crippen molar-refractivity contribution < 1.29 is 19.5 Å². The van der Waals surface area contributed by atoms with Crippen LogP contribution in [0, 0.1) is 5.41 Å². The van der Waals surface area contributed by atoms with Crippen LogP contribution in [0.4, 0.5) is 0 Å². The molecule has 19 heavy (non-hydrogen) atoms. The number of phenolic OH excluding ortho intramolecular Hbond substituents is 1. The predicted octanol–water partition coefficient (Wildman–Crippen LogP) is 2.29. The fourth-order valence-electron chi connectivity index (χ4n) is 2.42. The average molecular weight is 260 g/mol. The minimum absolute atomic E-state index is 0.0678. The van der Waals surface area contributed by atoms with Crippen molar-refractivity contribution in [2.24, 2.45) is 5.41 Å². The van der Waals surface area contributed by atoms with E-state index >= 15 is 0 Å². The van der Waals surface area contributed by atoms with Gasteiger partial charge in [0.2, 0.25) is 0 Å². The van der Waals surface area contributed by atoms with Crippen molar-refractivity contribution in [3.05, 3.63) is 29.8 Å². The molecule has 0 radical (unpaired) electrons. The Balaban J connectivity index is 2.07. The Labute approximate surface area is 111 Å². The van der Waals surface area contributed by atoms with Gasteiger partial charge in [-0.15, -0.1) is 0 Å². The number of carbonyl (C=O) groups is 3. The molecule has 0 atom stereocenters. The highest BCUT2D eigenvalue weighted by Gasteiger charge is 2.44. The minimum Gasteiger partial charge on any atom is -0.507 e. The molecule has 1 saturated carbocycles. The van der Waals surface area contributed by atoms with Crippen molar-refractivity contribution in [1.82, 2.24) is 0 Å². The van der Waals surface area contributed by atoms with Gasteiger partial charge >= 0.3 is 0 Å². The summed E-state index contributed by atoms with van der Waals surface area (Å²) in [6, 6.07) is 6.29. The standard InChI is InChI=1S/C15H16O4/c1-15(13(18)6-7-14(15)19)9-8-12(17)10-4-2-3-5-11(10)16/h2-5,16H,6-9H2,1H3. The summed E-state index contributed by atoms with van der Waals surface area (Å²) in [6.45, 7) is 1.61. The van der Waals surface area contributed by atoms with Crippen LogP contribution in [0.1, 0.15) is 43.0 Å². The third-order valence-corrected chi connectivity index (χ3v) is 3.87. The highest BCUT2D eigenvalue weighted by Crippen LogP contribution is 2.36. The van der Waals surface area contributed by atoms with Crippen LogP contribution in [0.2, 0.25) is 0 Å². The highest BCUT2D eigenvalue weighted by atomic mass is 16.3. The Bertz CT molecular complexity index is 529. The van der Waals surface area contributed by atoms with Crippen molar-refractivity contribution in [3.8, 4) is 5.75 Å². The predicted molar refractivity (Wildman–Crippen MR) is 69.0 cm³/mol. The van der Waals surface area contributed by atoms with E-state index in [0.717, 1.165) is 0 Å². The zero-order chi connectivity index (χ0) is 14.0. The van der Waals surface area contributed by atoms with Gasteiger partial charge < -0.3 is 5.11 Å². The van der Waals surface area contributed by atoms with Crippen LogP contribution in [0.15, 0.2) is 24.3 Å². The number of Topliss-reactive ketones (excluding diaryl/α,β-unsaturated/α-hetero) is 3. The second-order valence-electron chi connectivity index (χ2n) is 5.12. The molecule has 0 aromatic heterocycles. The Morgan fingerprint density at radius 2 is 1.79 bits per heavy atom. The van der Waals surface area contributed by atoms with E-state index < -0.39 is 5.41 Å². The normalized spacial score (nSPS) is 17.7. The van der Waals surface area contributed by atoms with E-state index in [4.69, 9.17) is 0 Å². The quantitative estimate of drug-likeness (QED) is 0.666. The second-order valence-corrected chi connectivity index (χ2v) is 5.12. The largest absolute Gasteiger partial charge is 0.507 e. The van der Waals surface area contributed by atoms with Gasteiger partial charge in [0, 0.05) is 19.3 Å². The summed E-state index contributed by atoms with van der Waals surface area (Å²) in [5, 5.41) is 9.59. The molecule has 4 nitrogen and oxygen atoms in total. The van der Waals surface area contributed by atoms with Gasteiger partial charge in [0.1, 0.15) is 17.3 Å². The summed E-state index contributed by atoms with van der Waals surface area (Å²) in [6.07, 6.45) is 0.865. The summed E-state index contributed by atoms with van der Waals surface area (Å²) in [4.78, 5) is 35.5. The number of hydrogen-bond acceptors (Lipinski definition) is 4. The molecule has 0 amide bonds. The highest BCUT2D eigenvalue weighted by molar-refractivity contribution is 6.12. The van der Waals surface area contributed by atoms with Gasteiger partial charge in [-0.3, -0.25) is 14.4 Å². The van der Waals surface area contributed by atoms with Crippen molar-refractivity contribution >= 4 is 17.3 Å². The van der Waals surface area contributed by atoms with E-state index in [-0.39, 0.29) is 54.3 Å². The zero-order valence-electron chi connectivity index (χ0n) is 10.8. The van der Waals surface area contributed by atoms with Gasteiger partial charge in [-0.05, 0) is 25.5 Å². The lowest BCUT2D eigenvalue weighted by Crippen LogP contribution is -2.29. The minimum atomic E-state index is -1.01. The number of rotatable bonds is 4. The third-order valence-electron chi connectivity index (χ3n) is 3.87. The number of aromatic hydroxyl groups is 1. The summed E-state index contributed by atoms with van der Waals surface area (Å²) in [5.74, 6) is -0.473. The number of benzene rings is 1. The van der Waals surface area contributed by atoms with Crippen LogP contribution in [0.3, 0.4) is 0 Å². The van der Waals surface area contributed by atoms with E-state index in [1.54, 1.807) is 19.1 Å². The summed E-state index contributed by atoms with van der Waals surface area (Å²) in [7, 11) is 0. The van der Waals surface area contributed by atoms with Crippen LogP contribution < -0.4 is 0 Å². The average Bonchev–Trinajstić information content (AvgIpc) is 2.65. The lowest BCUT2D eigenvalue weighted by molar-refractivity contribution is -0.134.